The lowest BCUT2D eigenvalue weighted by Gasteiger charge is -2.21. The Morgan fingerprint density at radius 3 is 2.87 bits per heavy atom. The summed E-state index contributed by atoms with van der Waals surface area (Å²) < 4.78 is 0. The quantitative estimate of drug-likeness (QED) is 0.807. The third-order valence-electron chi connectivity index (χ3n) is 4.74. The Balaban J connectivity index is 1.70. The summed E-state index contributed by atoms with van der Waals surface area (Å²) in [4.78, 5) is 12.6. The predicted molar refractivity (Wildman–Crippen MR) is 88.0 cm³/mol. The summed E-state index contributed by atoms with van der Waals surface area (Å²) in [6.07, 6.45) is 0.681. The minimum Gasteiger partial charge on any atom is -0.390 e. The smallest absolute Gasteiger partial charge is 0.223 e. The van der Waals surface area contributed by atoms with Crippen LogP contribution >= 0.6 is 0 Å². The predicted octanol–water partition coefficient (Wildman–Crippen LogP) is 1.98. The average molecular weight is 313 g/mol. The molecule has 0 fully saturated rings. The van der Waals surface area contributed by atoms with E-state index in [9.17, 15) is 9.90 Å². The van der Waals surface area contributed by atoms with Crippen LogP contribution in [0.15, 0.2) is 24.3 Å². The van der Waals surface area contributed by atoms with Gasteiger partial charge in [0.1, 0.15) is 0 Å². The fourth-order valence-corrected chi connectivity index (χ4v) is 3.32. The molecule has 3 N–H and O–H groups in total. The number of nitrogens with zero attached hydrogens (tertiary/aromatic N) is 1. The largest absolute Gasteiger partial charge is 0.390 e. The van der Waals surface area contributed by atoms with E-state index < -0.39 is 6.10 Å². The first kappa shape index (κ1) is 15.7. The van der Waals surface area contributed by atoms with E-state index in [0.717, 1.165) is 28.1 Å². The SMILES string of the molecule is Cc1n[nH]c(C)c1C[C@H](C)C(=O)N[C@@H]1c2ccccc2C[C@H]1O. The van der Waals surface area contributed by atoms with Gasteiger partial charge in [-0.15, -0.1) is 0 Å². The molecule has 23 heavy (non-hydrogen) atoms. The molecule has 122 valence electrons. The molecule has 0 spiro atoms. The topological polar surface area (TPSA) is 78.0 Å². The van der Waals surface area contributed by atoms with Crippen molar-refractivity contribution in [1.82, 2.24) is 15.5 Å². The molecule has 0 radical (unpaired) electrons. The molecule has 5 nitrogen and oxygen atoms in total. The van der Waals surface area contributed by atoms with Crippen LogP contribution in [0.1, 0.15) is 41.0 Å². The number of aliphatic hydroxyl groups excluding tert-OH is 1. The zero-order valence-electron chi connectivity index (χ0n) is 13.8. The van der Waals surface area contributed by atoms with Gasteiger partial charge in [-0.25, -0.2) is 0 Å². The summed E-state index contributed by atoms with van der Waals surface area (Å²) in [6.45, 7) is 5.83. The molecule has 1 aromatic heterocycles. The van der Waals surface area contributed by atoms with E-state index in [4.69, 9.17) is 0 Å². The molecule has 0 saturated carbocycles. The van der Waals surface area contributed by atoms with Crippen molar-refractivity contribution in [3.8, 4) is 0 Å². The van der Waals surface area contributed by atoms with Crippen molar-refractivity contribution in [2.24, 2.45) is 5.92 Å². The number of H-pyrrole nitrogens is 1. The summed E-state index contributed by atoms with van der Waals surface area (Å²) in [7, 11) is 0. The molecule has 1 heterocycles. The molecule has 5 heteroatoms. The Labute approximate surface area is 136 Å². The van der Waals surface area contributed by atoms with Gasteiger partial charge in [-0.2, -0.15) is 5.10 Å². The van der Waals surface area contributed by atoms with Crippen LogP contribution in [0, 0.1) is 19.8 Å². The molecule has 0 saturated heterocycles. The zero-order chi connectivity index (χ0) is 16.6. The third kappa shape index (κ3) is 3.01. The number of benzene rings is 1. The summed E-state index contributed by atoms with van der Waals surface area (Å²) in [5.41, 5.74) is 5.18. The molecule has 1 aromatic carbocycles. The maximum atomic E-state index is 12.6. The number of aromatic amines is 1. The van der Waals surface area contributed by atoms with Gasteiger partial charge in [-0.05, 0) is 37.0 Å². The number of nitrogens with one attached hydrogen (secondary N) is 2. The van der Waals surface area contributed by atoms with Crippen molar-refractivity contribution in [3.63, 3.8) is 0 Å². The van der Waals surface area contributed by atoms with Crippen LogP contribution in [-0.2, 0) is 17.6 Å². The number of rotatable bonds is 4. The fourth-order valence-electron chi connectivity index (χ4n) is 3.32. The van der Waals surface area contributed by atoms with Gasteiger partial charge in [0.25, 0.3) is 0 Å². The molecule has 3 rings (SSSR count). The maximum Gasteiger partial charge on any atom is 0.223 e. The number of aryl methyl sites for hydroxylation is 2. The first-order valence-electron chi connectivity index (χ1n) is 8.04. The Morgan fingerprint density at radius 1 is 1.43 bits per heavy atom. The molecule has 2 aromatic rings. The lowest BCUT2D eigenvalue weighted by molar-refractivity contribution is -0.126. The summed E-state index contributed by atoms with van der Waals surface area (Å²) >= 11 is 0. The van der Waals surface area contributed by atoms with Crippen molar-refractivity contribution in [2.45, 2.75) is 45.8 Å². The third-order valence-corrected chi connectivity index (χ3v) is 4.74. The van der Waals surface area contributed by atoms with Gasteiger partial charge in [-0.3, -0.25) is 9.89 Å². The van der Waals surface area contributed by atoms with E-state index in [-0.39, 0.29) is 17.9 Å². The van der Waals surface area contributed by atoms with Crippen LogP contribution in [0.2, 0.25) is 0 Å². The maximum absolute atomic E-state index is 12.6. The van der Waals surface area contributed by atoms with Gasteiger partial charge >= 0.3 is 0 Å². The molecule has 0 bridgehead atoms. The number of hydrogen-bond donors (Lipinski definition) is 3. The molecule has 0 unspecified atom stereocenters. The highest BCUT2D eigenvalue weighted by Gasteiger charge is 2.32. The number of aromatic nitrogens is 2. The number of hydrogen-bond acceptors (Lipinski definition) is 3. The van der Waals surface area contributed by atoms with Gasteiger partial charge in [0.05, 0.1) is 17.8 Å². The van der Waals surface area contributed by atoms with Crippen molar-refractivity contribution in [1.29, 1.82) is 0 Å². The number of aliphatic hydroxyl groups is 1. The van der Waals surface area contributed by atoms with Crippen molar-refractivity contribution >= 4 is 5.91 Å². The zero-order valence-corrected chi connectivity index (χ0v) is 13.8. The van der Waals surface area contributed by atoms with Crippen LogP contribution < -0.4 is 5.32 Å². The van der Waals surface area contributed by atoms with E-state index in [0.29, 0.717) is 12.8 Å². The van der Waals surface area contributed by atoms with Gasteiger partial charge < -0.3 is 10.4 Å². The minimum atomic E-state index is -0.555. The number of fused-ring (bicyclic) bond motifs is 1. The monoisotopic (exact) mass is 313 g/mol. The number of amides is 1. The van der Waals surface area contributed by atoms with Gasteiger partial charge in [0.2, 0.25) is 5.91 Å². The van der Waals surface area contributed by atoms with Crippen molar-refractivity contribution in [3.05, 3.63) is 52.3 Å². The van der Waals surface area contributed by atoms with E-state index in [1.807, 2.05) is 45.0 Å². The number of carbonyl (C=O) groups is 1. The Bertz CT molecular complexity index is 703. The first-order chi connectivity index (χ1) is 11.0. The Hall–Kier alpha value is -2.14. The highest BCUT2D eigenvalue weighted by atomic mass is 16.3. The van der Waals surface area contributed by atoms with Crippen LogP contribution in [0.3, 0.4) is 0 Å². The second-order valence-corrected chi connectivity index (χ2v) is 6.47. The van der Waals surface area contributed by atoms with Crippen molar-refractivity contribution < 1.29 is 9.90 Å². The second-order valence-electron chi connectivity index (χ2n) is 6.47. The fraction of sp³-hybridized carbons (Fsp3) is 0.444. The Kier molecular flexibility index (Phi) is 4.22. The molecule has 3 atom stereocenters. The molecular formula is C18H23N3O2. The lowest BCUT2D eigenvalue weighted by Crippen LogP contribution is -2.37. The van der Waals surface area contributed by atoms with E-state index >= 15 is 0 Å². The van der Waals surface area contributed by atoms with Crippen molar-refractivity contribution in [2.75, 3.05) is 0 Å². The van der Waals surface area contributed by atoms with Crippen LogP contribution in [0.25, 0.3) is 0 Å². The van der Waals surface area contributed by atoms with E-state index in [1.54, 1.807) is 0 Å². The highest BCUT2D eigenvalue weighted by molar-refractivity contribution is 5.79. The average Bonchev–Trinajstić information content (AvgIpc) is 3.01. The molecule has 1 aliphatic carbocycles. The van der Waals surface area contributed by atoms with Gasteiger partial charge in [0, 0.05) is 18.0 Å². The molecule has 0 aliphatic heterocycles. The van der Waals surface area contributed by atoms with Crippen LogP contribution in [0.4, 0.5) is 0 Å². The number of carbonyl (C=O) groups excluding carboxylic acids is 1. The van der Waals surface area contributed by atoms with E-state index in [2.05, 4.69) is 15.5 Å². The van der Waals surface area contributed by atoms with E-state index in [1.165, 1.54) is 0 Å². The standard InChI is InChI=1S/C18H23N3O2/c1-10(8-15-11(2)20-21-12(15)3)18(23)19-17-14-7-5-4-6-13(14)9-16(17)22/h4-7,10,16-17,22H,8-9H2,1-3H3,(H,19,23)(H,20,21)/t10-,16+,17+/m0/s1. The van der Waals surface area contributed by atoms with Gasteiger partial charge in [0.15, 0.2) is 0 Å². The Morgan fingerprint density at radius 2 is 2.17 bits per heavy atom. The lowest BCUT2D eigenvalue weighted by atomic mass is 9.98. The first-order valence-corrected chi connectivity index (χ1v) is 8.04. The molecular weight excluding hydrogens is 290 g/mol. The summed E-state index contributed by atoms with van der Waals surface area (Å²) in [6, 6.07) is 7.57. The van der Waals surface area contributed by atoms with Crippen LogP contribution in [0.5, 0.6) is 0 Å². The molecule has 1 amide bonds. The normalized spacial score (nSPS) is 21.0. The summed E-state index contributed by atoms with van der Waals surface area (Å²) in [5, 5.41) is 20.4. The van der Waals surface area contributed by atoms with Gasteiger partial charge in [-0.1, -0.05) is 31.2 Å². The minimum absolute atomic E-state index is 0.0363. The van der Waals surface area contributed by atoms with Crippen LogP contribution in [-0.4, -0.2) is 27.3 Å². The highest BCUT2D eigenvalue weighted by Crippen LogP contribution is 2.31. The summed E-state index contributed by atoms with van der Waals surface area (Å²) in [5.74, 6) is -0.212. The molecule has 1 aliphatic rings. The second kappa shape index (κ2) is 6.16.